The van der Waals surface area contributed by atoms with E-state index >= 15 is 0 Å². The van der Waals surface area contributed by atoms with Gasteiger partial charge in [-0.3, -0.25) is 0 Å². The molecular weight excluding hydrogens is 138 g/mol. The number of piperazine rings is 1. The van der Waals surface area contributed by atoms with Crippen LogP contribution in [-0.4, -0.2) is 32.7 Å². The summed E-state index contributed by atoms with van der Waals surface area (Å²) in [5, 5.41) is 6.59. The van der Waals surface area contributed by atoms with Crippen molar-refractivity contribution in [3.63, 3.8) is 0 Å². The van der Waals surface area contributed by atoms with Crippen LogP contribution in [0.25, 0.3) is 0 Å². The van der Waals surface area contributed by atoms with Gasteiger partial charge in [-0.1, -0.05) is 13.8 Å². The third-order valence-electron chi connectivity index (χ3n) is 1.25. The maximum atomic E-state index is 4.50. The van der Waals surface area contributed by atoms with Crippen molar-refractivity contribution >= 4 is 0 Å². The Labute approximate surface area is 70.7 Å². The normalized spacial score (nSPS) is 22.1. The number of nitrogens with one attached hydrogen (secondary N) is 2. The highest BCUT2D eigenvalue weighted by Crippen LogP contribution is 1.80. The number of nitrogens with two attached hydrogens (primary N) is 1. The fourth-order valence-corrected chi connectivity index (χ4v) is 0.798. The Morgan fingerprint density at radius 1 is 1.18 bits per heavy atom. The molecule has 3 nitrogen and oxygen atoms in total. The second-order valence-electron chi connectivity index (χ2n) is 2.06. The quantitative estimate of drug-likeness (QED) is 0.475. The lowest BCUT2D eigenvalue weighted by Gasteiger charge is -2.19. The van der Waals surface area contributed by atoms with Gasteiger partial charge in [0.1, 0.15) is 0 Å². The molecule has 1 heterocycles. The molecule has 1 aliphatic heterocycles. The zero-order chi connectivity index (χ0) is 9.11. The standard InChI is InChI=1S/C5H12N2.C2H6.CH5N/c1-5-4-6-2-3-7-5;2*1-2/h5-7H,2-4H2,1H3;1-2H3;2H2,1H3. The van der Waals surface area contributed by atoms with Gasteiger partial charge in [-0.2, -0.15) is 0 Å². The van der Waals surface area contributed by atoms with E-state index in [9.17, 15) is 0 Å². The summed E-state index contributed by atoms with van der Waals surface area (Å²) in [6.07, 6.45) is 0. The molecule has 70 valence electrons. The van der Waals surface area contributed by atoms with Crippen LogP contribution in [0.4, 0.5) is 0 Å². The Hall–Kier alpha value is -0.120. The van der Waals surface area contributed by atoms with Crippen molar-refractivity contribution in [1.29, 1.82) is 0 Å². The Morgan fingerprint density at radius 3 is 1.91 bits per heavy atom. The second kappa shape index (κ2) is 12.5. The van der Waals surface area contributed by atoms with Crippen LogP contribution in [0.1, 0.15) is 20.8 Å². The van der Waals surface area contributed by atoms with Crippen LogP contribution in [0.5, 0.6) is 0 Å². The average Bonchev–Trinajstić information content (AvgIpc) is 2.13. The van der Waals surface area contributed by atoms with Crippen molar-refractivity contribution in [3.05, 3.63) is 0 Å². The van der Waals surface area contributed by atoms with Crippen LogP contribution < -0.4 is 16.4 Å². The van der Waals surface area contributed by atoms with Gasteiger partial charge in [-0.15, -0.1) is 0 Å². The fourth-order valence-electron chi connectivity index (χ4n) is 0.798. The van der Waals surface area contributed by atoms with Crippen LogP contribution in [0.3, 0.4) is 0 Å². The SMILES string of the molecule is CC.CC1CNCCN1.CN. The molecule has 1 saturated heterocycles. The molecular formula is C8H23N3. The molecule has 0 aromatic carbocycles. The maximum absolute atomic E-state index is 4.50. The van der Waals surface area contributed by atoms with Gasteiger partial charge in [-0.25, -0.2) is 0 Å². The lowest BCUT2D eigenvalue weighted by molar-refractivity contribution is 0.442. The Bertz CT molecular complexity index is 51.3. The minimum absolute atomic E-state index is 0.675. The van der Waals surface area contributed by atoms with Crippen LogP contribution in [-0.2, 0) is 0 Å². The van der Waals surface area contributed by atoms with Gasteiger partial charge in [0.15, 0.2) is 0 Å². The van der Waals surface area contributed by atoms with Gasteiger partial charge < -0.3 is 16.4 Å². The molecule has 1 aliphatic rings. The fraction of sp³-hybridized carbons (Fsp3) is 1.00. The lowest BCUT2D eigenvalue weighted by atomic mass is 10.3. The summed E-state index contributed by atoms with van der Waals surface area (Å²) in [6.45, 7) is 9.57. The third-order valence-corrected chi connectivity index (χ3v) is 1.25. The molecule has 0 aromatic heterocycles. The van der Waals surface area contributed by atoms with Gasteiger partial charge in [0.05, 0.1) is 0 Å². The van der Waals surface area contributed by atoms with Crippen LogP contribution in [0.2, 0.25) is 0 Å². The lowest BCUT2D eigenvalue weighted by Crippen LogP contribution is -2.46. The third kappa shape index (κ3) is 9.88. The topological polar surface area (TPSA) is 50.1 Å². The van der Waals surface area contributed by atoms with E-state index in [-0.39, 0.29) is 0 Å². The van der Waals surface area contributed by atoms with Crippen LogP contribution in [0, 0.1) is 0 Å². The predicted octanol–water partition coefficient (Wildman–Crippen LogP) is 0.169. The minimum atomic E-state index is 0.675. The van der Waals surface area contributed by atoms with Crippen molar-refractivity contribution in [2.24, 2.45) is 5.73 Å². The zero-order valence-electron chi connectivity index (χ0n) is 8.28. The highest BCUT2D eigenvalue weighted by Gasteiger charge is 2.03. The van der Waals surface area contributed by atoms with Crippen molar-refractivity contribution in [3.8, 4) is 0 Å². The first-order valence-electron chi connectivity index (χ1n) is 4.41. The Morgan fingerprint density at radius 2 is 1.73 bits per heavy atom. The summed E-state index contributed by atoms with van der Waals surface area (Å²) in [6, 6.07) is 0.675. The average molecular weight is 161 g/mol. The van der Waals surface area contributed by atoms with E-state index in [0.717, 1.165) is 19.6 Å². The molecule has 11 heavy (non-hydrogen) atoms. The molecule has 0 amide bonds. The molecule has 0 aromatic rings. The smallest absolute Gasteiger partial charge is 0.0164 e. The molecule has 1 fully saturated rings. The number of hydrogen-bond acceptors (Lipinski definition) is 3. The first kappa shape index (κ1) is 13.5. The van der Waals surface area contributed by atoms with Gasteiger partial charge >= 0.3 is 0 Å². The van der Waals surface area contributed by atoms with Crippen molar-refractivity contribution < 1.29 is 0 Å². The van der Waals surface area contributed by atoms with Gasteiger partial charge in [0, 0.05) is 25.7 Å². The highest BCUT2D eigenvalue weighted by atomic mass is 15.0. The van der Waals surface area contributed by atoms with E-state index in [0.29, 0.717) is 6.04 Å². The van der Waals surface area contributed by atoms with E-state index in [4.69, 9.17) is 0 Å². The first-order valence-corrected chi connectivity index (χ1v) is 4.41. The van der Waals surface area contributed by atoms with Gasteiger partial charge in [-0.05, 0) is 14.0 Å². The number of rotatable bonds is 0. The molecule has 0 bridgehead atoms. The minimum Gasteiger partial charge on any atom is -0.333 e. The zero-order valence-corrected chi connectivity index (χ0v) is 8.28. The summed E-state index contributed by atoms with van der Waals surface area (Å²) in [7, 11) is 1.50. The molecule has 0 radical (unpaired) electrons. The summed E-state index contributed by atoms with van der Waals surface area (Å²) >= 11 is 0. The van der Waals surface area contributed by atoms with E-state index in [1.807, 2.05) is 13.8 Å². The van der Waals surface area contributed by atoms with Crippen molar-refractivity contribution in [1.82, 2.24) is 10.6 Å². The summed E-state index contributed by atoms with van der Waals surface area (Å²) in [4.78, 5) is 0. The van der Waals surface area contributed by atoms with E-state index < -0.39 is 0 Å². The summed E-state index contributed by atoms with van der Waals surface area (Å²) in [5.41, 5.74) is 4.50. The monoisotopic (exact) mass is 161 g/mol. The first-order chi connectivity index (χ1) is 5.39. The molecule has 0 spiro atoms. The summed E-state index contributed by atoms with van der Waals surface area (Å²) < 4.78 is 0. The van der Waals surface area contributed by atoms with E-state index in [1.54, 1.807) is 0 Å². The molecule has 4 N–H and O–H groups in total. The van der Waals surface area contributed by atoms with E-state index in [2.05, 4.69) is 23.3 Å². The number of hydrogen-bond donors (Lipinski definition) is 3. The molecule has 0 saturated carbocycles. The molecule has 0 aliphatic carbocycles. The van der Waals surface area contributed by atoms with E-state index in [1.165, 1.54) is 7.05 Å². The molecule has 3 heteroatoms. The predicted molar refractivity (Wildman–Crippen MR) is 51.8 cm³/mol. The van der Waals surface area contributed by atoms with Gasteiger partial charge in [0.2, 0.25) is 0 Å². The van der Waals surface area contributed by atoms with Gasteiger partial charge in [0.25, 0.3) is 0 Å². The van der Waals surface area contributed by atoms with Crippen molar-refractivity contribution in [2.75, 3.05) is 26.7 Å². The summed E-state index contributed by atoms with van der Waals surface area (Å²) in [5.74, 6) is 0. The van der Waals surface area contributed by atoms with Crippen LogP contribution >= 0.6 is 0 Å². The Kier molecular flexibility index (Phi) is 15.4. The Balaban J connectivity index is 0. The maximum Gasteiger partial charge on any atom is 0.0164 e. The molecule has 1 rings (SSSR count). The molecule has 1 unspecified atom stereocenters. The molecule has 1 atom stereocenters. The van der Waals surface area contributed by atoms with Crippen molar-refractivity contribution in [2.45, 2.75) is 26.8 Å². The second-order valence-corrected chi connectivity index (χ2v) is 2.06. The van der Waals surface area contributed by atoms with Crippen LogP contribution in [0.15, 0.2) is 0 Å². The largest absolute Gasteiger partial charge is 0.333 e. The highest BCUT2D eigenvalue weighted by molar-refractivity contribution is 4.69.